The normalized spacial score (nSPS) is 26.1. The van der Waals surface area contributed by atoms with Crippen LogP contribution < -0.4 is 10.9 Å². The molecule has 32 heavy (non-hydrogen) atoms. The van der Waals surface area contributed by atoms with Crippen LogP contribution in [0.5, 0.6) is 0 Å². The van der Waals surface area contributed by atoms with Gasteiger partial charge in [0.1, 0.15) is 5.65 Å². The topological polar surface area (TPSA) is 97.2 Å². The Bertz CT molecular complexity index is 1220. The van der Waals surface area contributed by atoms with Crippen molar-refractivity contribution >= 4 is 27.0 Å². The van der Waals surface area contributed by atoms with Gasteiger partial charge < -0.3 is 5.32 Å². The Labute approximate surface area is 188 Å². The molecular formula is C23H31N5O3S. The highest BCUT2D eigenvalue weighted by molar-refractivity contribution is 7.88. The summed E-state index contributed by atoms with van der Waals surface area (Å²) in [6.45, 7) is 1.01. The summed E-state index contributed by atoms with van der Waals surface area (Å²) >= 11 is 0. The molecule has 1 atom stereocenters. The molecule has 0 aromatic carbocycles. The highest BCUT2D eigenvalue weighted by Crippen LogP contribution is 2.63. The second-order valence-electron chi connectivity index (χ2n) is 10.4. The number of pyridine rings is 1. The Morgan fingerprint density at radius 3 is 2.50 bits per heavy atom. The lowest BCUT2D eigenvalue weighted by Gasteiger charge is -2.30. The SMILES string of the molecule is CS(=O)(=O)N1CCC(Nc2ncc3cc(C4CC4)c(=O)n(C4CCCC45CC5)c3n2)CC1. The predicted octanol–water partition coefficient (Wildman–Crippen LogP) is 3.01. The van der Waals surface area contributed by atoms with Gasteiger partial charge in [0.15, 0.2) is 0 Å². The molecule has 3 heterocycles. The van der Waals surface area contributed by atoms with Gasteiger partial charge in [-0.3, -0.25) is 9.36 Å². The van der Waals surface area contributed by atoms with Gasteiger partial charge in [-0.25, -0.2) is 17.7 Å². The van der Waals surface area contributed by atoms with E-state index in [0.717, 1.165) is 35.9 Å². The quantitative estimate of drug-likeness (QED) is 0.741. The summed E-state index contributed by atoms with van der Waals surface area (Å²) in [5.74, 6) is 0.929. The third-order valence-electron chi connectivity index (χ3n) is 8.14. The lowest BCUT2D eigenvalue weighted by molar-refractivity contribution is 0.331. The molecule has 1 spiro atoms. The van der Waals surface area contributed by atoms with E-state index in [1.165, 1.54) is 36.2 Å². The van der Waals surface area contributed by atoms with E-state index in [4.69, 9.17) is 4.98 Å². The Kier molecular flexibility index (Phi) is 4.67. The summed E-state index contributed by atoms with van der Waals surface area (Å²) in [4.78, 5) is 23.1. The van der Waals surface area contributed by atoms with Crippen molar-refractivity contribution in [2.24, 2.45) is 5.41 Å². The largest absolute Gasteiger partial charge is 0.351 e. The van der Waals surface area contributed by atoms with E-state index in [1.54, 1.807) is 0 Å². The van der Waals surface area contributed by atoms with Gasteiger partial charge in [0.2, 0.25) is 16.0 Å². The van der Waals surface area contributed by atoms with Gasteiger partial charge >= 0.3 is 0 Å². The number of aromatic nitrogens is 3. The van der Waals surface area contributed by atoms with Crippen LogP contribution in [0, 0.1) is 5.41 Å². The number of nitrogens with one attached hydrogen (secondary N) is 1. The average Bonchev–Trinajstić information content (AvgIpc) is 3.67. The number of fused-ring (bicyclic) bond motifs is 1. The standard InChI is InChI=1S/C23H31N5O3S/c1-32(30,31)27-11-6-17(7-12-27)25-22-24-14-16-13-18(15-4-5-15)21(29)28(20(16)26-22)19-3-2-8-23(19)9-10-23/h13-15,17,19H,2-12H2,1H3,(H,24,25,26). The molecule has 4 aliphatic rings. The molecule has 172 valence electrons. The molecule has 6 rings (SSSR count). The van der Waals surface area contributed by atoms with E-state index >= 15 is 0 Å². The number of sulfonamides is 1. The molecule has 0 radical (unpaired) electrons. The number of rotatable bonds is 5. The maximum atomic E-state index is 13.6. The molecule has 0 amide bonds. The Hall–Kier alpha value is -2.00. The monoisotopic (exact) mass is 457 g/mol. The number of anilines is 1. The first-order valence-corrected chi connectivity index (χ1v) is 13.8. The van der Waals surface area contributed by atoms with Crippen LogP contribution in [0.4, 0.5) is 5.95 Å². The Morgan fingerprint density at radius 1 is 1.09 bits per heavy atom. The maximum Gasteiger partial charge on any atom is 0.255 e. The molecule has 1 saturated heterocycles. The zero-order chi connectivity index (χ0) is 22.1. The highest BCUT2D eigenvalue weighted by atomic mass is 32.2. The highest BCUT2D eigenvalue weighted by Gasteiger charge is 2.53. The molecule has 4 fully saturated rings. The summed E-state index contributed by atoms with van der Waals surface area (Å²) in [6.07, 6.45) is 12.6. The molecule has 3 aliphatic carbocycles. The van der Waals surface area contributed by atoms with Crippen LogP contribution in [0.3, 0.4) is 0 Å². The summed E-state index contributed by atoms with van der Waals surface area (Å²) in [5, 5.41) is 4.36. The first kappa shape index (κ1) is 20.6. The number of hydrogen-bond donors (Lipinski definition) is 1. The lowest BCUT2D eigenvalue weighted by Crippen LogP contribution is -2.42. The van der Waals surface area contributed by atoms with Gasteiger partial charge in [0.05, 0.1) is 6.26 Å². The summed E-state index contributed by atoms with van der Waals surface area (Å²) in [5.41, 5.74) is 2.15. The molecule has 2 aromatic heterocycles. The van der Waals surface area contributed by atoms with E-state index in [2.05, 4.69) is 10.3 Å². The molecule has 3 saturated carbocycles. The van der Waals surface area contributed by atoms with Crippen LogP contribution >= 0.6 is 0 Å². The van der Waals surface area contributed by atoms with E-state index in [-0.39, 0.29) is 17.6 Å². The predicted molar refractivity (Wildman–Crippen MR) is 123 cm³/mol. The van der Waals surface area contributed by atoms with Crippen LogP contribution in [-0.2, 0) is 10.0 Å². The van der Waals surface area contributed by atoms with Crippen LogP contribution in [0.15, 0.2) is 17.1 Å². The fraction of sp³-hybridized carbons (Fsp3) is 0.696. The molecular weight excluding hydrogens is 426 g/mol. The third kappa shape index (κ3) is 3.53. The van der Waals surface area contributed by atoms with Gasteiger partial charge in [0, 0.05) is 42.3 Å². The van der Waals surface area contributed by atoms with Gasteiger partial charge in [-0.2, -0.15) is 4.98 Å². The van der Waals surface area contributed by atoms with Gasteiger partial charge in [-0.15, -0.1) is 0 Å². The number of piperidine rings is 1. The molecule has 9 heteroatoms. The van der Waals surface area contributed by atoms with Gasteiger partial charge in [-0.05, 0) is 68.8 Å². The molecule has 1 aliphatic heterocycles. The first-order chi connectivity index (χ1) is 15.3. The van der Waals surface area contributed by atoms with Crippen LogP contribution in [0.1, 0.15) is 75.3 Å². The van der Waals surface area contributed by atoms with Gasteiger partial charge in [0.25, 0.3) is 5.56 Å². The van der Waals surface area contributed by atoms with Crippen molar-refractivity contribution in [2.45, 2.75) is 75.8 Å². The summed E-state index contributed by atoms with van der Waals surface area (Å²) in [6, 6.07) is 2.39. The number of nitrogens with zero attached hydrogens (tertiary/aromatic N) is 4. The zero-order valence-electron chi connectivity index (χ0n) is 18.6. The molecule has 1 N–H and O–H groups in total. The van der Waals surface area contributed by atoms with Gasteiger partial charge in [-0.1, -0.05) is 6.42 Å². The smallest absolute Gasteiger partial charge is 0.255 e. The minimum Gasteiger partial charge on any atom is -0.351 e. The van der Waals surface area contributed by atoms with E-state index in [1.807, 2.05) is 16.8 Å². The van der Waals surface area contributed by atoms with Crippen molar-refractivity contribution in [2.75, 3.05) is 24.7 Å². The molecule has 8 nitrogen and oxygen atoms in total. The van der Waals surface area contributed by atoms with Crippen molar-refractivity contribution in [3.8, 4) is 0 Å². The Morgan fingerprint density at radius 2 is 1.84 bits per heavy atom. The number of hydrogen-bond acceptors (Lipinski definition) is 6. The minimum atomic E-state index is -3.15. The van der Waals surface area contributed by atoms with Crippen LogP contribution in [0.25, 0.3) is 11.0 Å². The zero-order valence-corrected chi connectivity index (χ0v) is 19.4. The van der Waals surface area contributed by atoms with Crippen molar-refractivity contribution in [1.82, 2.24) is 18.8 Å². The minimum absolute atomic E-state index is 0.123. The first-order valence-electron chi connectivity index (χ1n) is 12.0. The third-order valence-corrected chi connectivity index (χ3v) is 9.44. The van der Waals surface area contributed by atoms with Crippen LogP contribution in [-0.4, -0.2) is 52.6 Å². The lowest BCUT2D eigenvalue weighted by atomic mass is 9.99. The second-order valence-corrected chi connectivity index (χ2v) is 12.4. The van der Waals surface area contributed by atoms with E-state index in [9.17, 15) is 13.2 Å². The van der Waals surface area contributed by atoms with Crippen molar-refractivity contribution in [3.05, 3.63) is 28.2 Å². The fourth-order valence-electron chi connectivity index (χ4n) is 5.97. The Balaban J connectivity index is 1.34. The van der Waals surface area contributed by atoms with Crippen molar-refractivity contribution < 1.29 is 8.42 Å². The molecule has 2 aromatic rings. The summed E-state index contributed by atoms with van der Waals surface area (Å²) < 4.78 is 27.1. The molecule has 0 bridgehead atoms. The van der Waals surface area contributed by atoms with E-state index < -0.39 is 10.0 Å². The summed E-state index contributed by atoms with van der Waals surface area (Å²) in [7, 11) is -3.15. The van der Waals surface area contributed by atoms with Crippen molar-refractivity contribution in [1.29, 1.82) is 0 Å². The fourth-order valence-corrected chi connectivity index (χ4v) is 6.84. The average molecular weight is 458 g/mol. The van der Waals surface area contributed by atoms with Crippen LogP contribution in [0.2, 0.25) is 0 Å². The maximum absolute atomic E-state index is 13.6. The second kappa shape index (κ2) is 7.25. The van der Waals surface area contributed by atoms with E-state index in [0.29, 0.717) is 43.2 Å². The van der Waals surface area contributed by atoms with Crippen molar-refractivity contribution in [3.63, 3.8) is 0 Å². The molecule has 1 unspecified atom stereocenters.